The molecule has 0 spiro atoms. The van der Waals surface area contributed by atoms with Crippen LogP contribution in [0.5, 0.6) is 0 Å². The number of nitrogens with zero attached hydrogens (tertiary/aromatic N) is 2. The van der Waals surface area contributed by atoms with Crippen LogP contribution in [0.1, 0.15) is 24.5 Å². The number of fused-ring (bicyclic) bond motifs is 1. The number of carbonyl (C=O) groups is 1. The monoisotopic (exact) mass is 372 g/mol. The molecule has 0 radical (unpaired) electrons. The van der Waals surface area contributed by atoms with E-state index in [1.54, 1.807) is 24.3 Å². The molecule has 1 atom stereocenters. The first-order valence-corrected chi connectivity index (χ1v) is 10.2. The zero-order valence-corrected chi connectivity index (χ0v) is 16.2. The first-order valence-electron chi connectivity index (χ1n) is 8.72. The van der Waals surface area contributed by atoms with Crippen molar-refractivity contribution in [2.24, 2.45) is 0 Å². The summed E-state index contributed by atoms with van der Waals surface area (Å²) in [6, 6.07) is 15.0. The van der Waals surface area contributed by atoms with Crippen molar-refractivity contribution in [1.82, 2.24) is 4.31 Å². The van der Waals surface area contributed by atoms with Gasteiger partial charge >= 0.3 is 0 Å². The molecule has 5 nitrogen and oxygen atoms in total. The van der Waals surface area contributed by atoms with E-state index in [1.165, 1.54) is 24.0 Å². The third kappa shape index (κ3) is 3.52. The van der Waals surface area contributed by atoms with Gasteiger partial charge in [0.2, 0.25) is 15.9 Å². The predicted octanol–water partition coefficient (Wildman–Crippen LogP) is 2.85. The molecule has 0 saturated heterocycles. The van der Waals surface area contributed by atoms with E-state index >= 15 is 0 Å². The van der Waals surface area contributed by atoms with Gasteiger partial charge in [0.25, 0.3) is 0 Å². The molecule has 1 amide bonds. The Hall–Kier alpha value is -2.18. The molecule has 6 heteroatoms. The fourth-order valence-corrected chi connectivity index (χ4v) is 4.26. The van der Waals surface area contributed by atoms with E-state index in [-0.39, 0.29) is 16.8 Å². The van der Waals surface area contributed by atoms with Gasteiger partial charge in [-0.2, -0.15) is 0 Å². The lowest BCUT2D eigenvalue weighted by atomic mass is 10.1. The van der Waals surface area contributed by atoms with Crippen molar-refractivity contribution in [2.45, 2.75) is 37.1 Å². The van der Waals surface area contributed by atoms with Gasteiger partial charge in [-0.1, -0.05) is 30.3 Å². The van der Waals surface area contributed by atoms with Gasteiger partial charge in [0.15, 0.2) is 0 Å². The van der Waals surface area contributed by atoms with E-state index in [2.05, 4.69) is 13.0 Å². The second-order valence-electron chi connectivity index (χ2n) is 6.88. The molecule has 1 unspecified atom stereocenters. The van der Waals surface area contributed by atoms with Gasteiger partial charge in [-0.25, -0.2) is 12.7 Å². The lowest BCUT2D eigenvalue weighted by molar-refractivity contribution is -0.118. The van der Waals surface area contributed by atoms with Gasteiger partial charge in [0.05, 0.1) is 4.90 Å². The summed E-state index contributed by atoms with van der Waals surface area (Å²) in [5.74, 6) is 0.104. The summed E-state index contributed by atoms with van der Waals surface area (Å²) in [6.45, 7) is 2.07. The Morgan fingerprint density at radius 3 is 2.42 bits per heavy atom. The SMILES string of the molecule is CC1Cc2ccccc2N1C(=O)CCc1ccc(S(=O)(=O)N(C)C)cc1. The molecule has 0 fully saturated rings. The van der Waals surface area contributed by atoms with Crippen LogP contribution in [0.25, 0.3) is 0 Å². The molecular weight excluding hydrogens is 348 g/mol. The fraction of sp³-hybridized carbons (Fsp3) is 0.350. The number of sulfonamides is 1. The first-order chi connectivity index (χ1) is 12.3. The van der Waals surface area contributed by atoms with Crippen LogP contribution in [0, 0.1) is 0 Å². The molecule has 138 valence electrons. The zero-order chi connectivity index (χ0) is 18.9. The van der Waals surface area contributed by atoms with E-state index < -0.39 is 10.0 Å². The molecule has 2 aromatic rings. The van der Waals surface area contributed by atoms with Crippen molar-refractivity contribution in [1.29, 1.82) is 0 Å². The lowest BCUT2D eigenvalue weighted by Crippen LogP contribution is -2.35. The molecule has 26 heavy (non-hydrogen) atoms. The summed E-state index contributed by atoms with van der Waals surface area (Å²) in [7, 11) is -0.399. The quantitative estimate of drug-likeness (QED) is 0.811. The summed E-state index contributed by atoms with van der Waals surface area (Å²) >= 11 is 0. The smallest absolute Gasteiger partial charge is 0.242 e. The second-order valence-corrected chi connectivity index (χ2v) is 9.03. The number of carbonyl (C=O) groups excluding carboxylic acids is 1. The van der Waals surface area contributed by atoms with Gasteiger partial charge < -0.3 is 4.90 Å². The van der Waals surface area contributed by atoms with Crippen molar-refractivity contribution >= 4 is 21.6 Å². The van der Waals surface area contributed by atoms with E-state index in [1.807, 2.05) is 23.1 Å². The predicted molar refractivity (Wildman–Crippen MR) is 103 cm³/mol. The zero-order valence-electron chi connectivity index (χ0n) is 15.3. The molecule has 2 aromatic carbocycles. The molecule has 1 aliphatic rings. The number of rotatable bonds is 5. The van der Waals surface area contributed by atoms with Crippen molar-refractivity contribution < 1.29 is 13.2 Å². The van der Waals surface area contributed by atoms with Crippen molar-refractivity contribution in [2.75, 3.05) is 19.0 Å². The topological polar surface area (TPSA) is 57.7 Å². The summed E-state index contributed by atoms with van der Waals surface area (Å²) < 4.78 is 25.4. The standard InChI is InChI=1S/C20H24N2O3S/c1-15-14-17-6-4-5-7-19(17)22(15)20(23)13-10-16-8-11-18(12-9-16)26(24,25)21(2)3/h4-9,11-12,15H,10,13-14H2,1-3H3. The Bertz CT molecular complexity index is 905. The summed E-state index contributed by atoms with van der Waals surface area (Å²) in [5.41, 5.74) is 3.18. The highest BCUT2D eigenvalue weighted by Gasteiger charge is 2.30. The number of hydrogen-bond donors (Lipinski definition) is 0. The second kappa shape index (κ2) is 7.21. The van der Waals surface area contributed by atoms with E-state index in [9.17, 15) is 13.2 Å². The number of para-hydroxylation sites is 1. The van der Waals surface area contributed by atoms with Crippen molar-refractivity contribution in [3.63, 3.8) is 0 Å². The minimum Gasteiger partial charge on any atom is -0.309 e. The summed E-state index contributed by atoms with van der Waals surface area (Å²) in [6.07, 6.45) is 1.88. The molecule has 0 bridgehead atoms. The van der Waals surface area contributed by atoms with Crippen LogP contribution in [-0.2, 0) is 27.7 Å². The maximum Gasteiger partial charge on any atom is 0.242 e. The Labute approximate surface area is 155 Å². The summed E-state index contributed by atoms with van der Waals surface area (Å²) in [5, 5.41) is 0. The Morgan fingerprint density at radius 2 is 1.77 bits per heavy atom. The number of benzene rings is 2. The molecule has 0 aromatic heterocycles. The highest BCUT2D eigenvalue weighted by molar-refractivity contribution is 7.89. The van der Waals surface area contributed by atoms with Gasteiger partial charge in [0, 0.05) is 32.2 Å². The van der Waals surface area contributed by atoms with Crippen LogP contribution in [0.15, 0.2) is 53.4 Å². The number of anilines is 1. The number of amides is 1. The van der Waals surface area contributed by atoms with E-state index in [0.717, 1.165) is 17.7 Å². The van der Waals surface area contributed by atoms with Crippen molar-refractivity contribution in [3.05, 3.63) is 59.7 Å². The molecule has 1 heterocycles. The Balaban J connectivity index is 1.67. The normalized spacial score (nSPS) is 16.8. The van der Waals surface area contributed by atoms with E-state index in [4.69, 9.17) is 0 Å². The third-order valence-electron chi connectivity index (χ3n) is 4.81. The Kier molecular flexibility index (Phi) is 5.16. The molecule has 3 rings (SSSR count). The molecule has 1 aliphatic heterocycles. The average Bonchev–Trinajstić information content (AvgIpc) is 2.95. The first kappa shape index (κ1) is 18.6. The maximum absolute atomic E-state index is 12.7. The Morgan fingerprint density at radius 1 is 1.12 bits per heavy atom. The lowest BCUT2D eigenvalue weighted by Gasteiger charge is -2.22. The number of aryl methyl sites for hydroxylation is 1. The average molecular weight is 372 g/mol. The van der Waals surface area contributed by atoms with Crippen LogP contribution in [0.3, 0.4) is 0 Å². The van der Waals surface area contributed by atoms with Crippen LogP contribution in [-0.4, -0.2) is 38.8 Å². The van der Waals surface area contributed by atoms with Gasteiger partial charge in [-0.3, -0.25) is 4.79 Å². The molecule has 0 N–H and O–H groups in total. The largest absolute Gasteiger partial charge is 0.309 e. The van der Waals surface area contributed by atoms with Crippen LogP contribution < -0.4 is 4.90 Å². The highest BCUT2D eigenvalue weighted by Crippen LogP contribution is 2.32. The van der Waals surface area contributed by atoms with E-state index in [0.29, 0.717) is 12.8 Å². The minimum absolute atomic E-state index is 0.104. The van der Waals surface area contributed by atoms with Gasteiger partial charge in [-0.05, 0) is 49.1 Å². The highest BCUT2D eigenvalue weighted by atomic mass is 32.2. The van der Waals surface area contributed by atoms with Gasteiger partial charge in [-0.15, -0.1) is 0 Å². The van der Waals surface area contributed by atoms with Crippen LogP contribution in [0.4, 0.5) is 5.69 Å². The van der Waals surface area contributed by atoms with Crippen molar-refractivity contribution in [3.8, 4) is 0 Å². The van der Waals surface area contributed by atoms with Gasteiger partial charge in [0.1, 0.15) is 0 Å². The minimum atomic E-state index is -3.42. The summed E-state index contributed by atoms with van der Waals surface area (Å²) in [4.78, 5) is 14.9. The molecule has 0 saturated carbocycles. The maximum atomic E-state index is 12.7. The molecule has 0 aliphatic carbocycles. The number of hydrogen-bond acceptors (Lipinski definition) is 3. The van der Waals surface area contributed by atoms with Crippen LogP contribution in [0.2, 0.25) is 0 Å². The van der Waals surface area contributed by atoms with Crippen LogP contribution >= 0.6 is 0 Å². The third-order valence-corrected chi connectivity index (χ3v) is 6.63. The fourth-order valence-electron chi connectivity index (χ4n) is 3.36. The molecular formula is C20H24N2O3S.